The highest BCUT2D eigenvalue weighted by Gasteiger charge is 2.38. The van der Waals surface area contributed by atoms with Crippen molar-refractivity contribution in [1.82, 2.24) is 19.9 Å². The van der Waals surface area contributed by atoms with E-state index in [9.17, 15) is 9.90 Å². The molecule has 0 unspecified atom stereocenters. The van der Waals surface area contributed by atoms with Crippen LogP contribution in [0.15, 0.2) is 30.5 Å². The van der Waals surface area contributed by atoms with Gasteiger partial charge in [0.15, 0.2) is 5.69 Å². The third kappa shape index (κ3) is 2.64. The van der Waals surface area contributed by atoms with E-state index in [4.69, 9.17) is 11.6 Å². The summed E-state index contributed by atoms with van der Waals surface area (Å²) in [5.74, 6) is -0.223. The smallest absolute Gasteiger partial charge is 0.276 e. The average Bonchev–Trinajstić information content (AvgIpc) is 3.06. The predicted octanol–water partition coefficient (Wildman–Crippen LogP) is 1.42. The highest BCUT2D eigenvalue weighted by molar-refractivity contribution is 6.30. The van der Waals surface area contributed by atoms with Crippen molar-refractivity contribution in [1.29, 1.82) is 0 Å². The van der Waals surface area contributed by atoms with Gasteiger partial charge in [-0.3, -0.25) is 9.48 Å². The molecule has 110 valence electrons. The summed E-state index contributed by atoms with van der Waals surface area (Å²) in [5, 5.41) is 18.5. The van der Waals surface area contributed by atoms with Gasteiger partial charge in [-0.2, -0.15) is 0 Å². The summed E-state index contributed by atoms with van der Waals surface area (Å²) in [7, 11) is 1.71. The van der Waals surface area contributed by atoms with Gasteiger partial charge in [-0.25, -0.2) is 0 Å². The number of carbonyl (C=O) groups is 1. The summed E-state index contributed by atoms with van der Waals surface area (Å²) >= 11 is 5.89. The van der Waals surface area contributed by atoms with Gasteiger partial charge in [-0.05, 0) is 24.1 Å². The largest absolute Gasteiger partial charge is 0.391 e. The van der Waals surface area contributed by atoms with Crippen molar-refractivity contribution in [2.45, 2.75) is 18.6 Å². The summed E-state index contributed by atoms with van der Waals surface area (Å²) in [6.45, 7) is 0.490. The van der Waals surface area contributed by atoms with Crippen molar-refractivity contribution in [3.8, 4) is 0 Å². The fourth-order valence-electron chi connectivity index (χ4n) is 2.66. The summed E-state index contributed by atoms with van der Waals surface area (Å²) in [5.41, 5.74) is 1.15. The highest BCUT2D eigenvalue weighted by atomic mass is 35.5. The number of nitrogens with zero attached hydrogens (tertiary/aromatic N) is 4. The molecule has 1 fully saturated rings. The monoisotopic (exact) mass is 306 g/mol. The van der Waals surface area contributed by atoms with Crippen LogP contribution in [0.4, 0.5) is 0 Å². The molecule has 21 heavy (non-hydrogen) atoms. The van der Waals surface area contributed by atoms with Crippen LogP contribution in [0.2, 0.25) is 5.02 Å². The first-order valence-electron chi connectivity index (χ1n) is 6.67. The second kappa shape index (κ2) is 5.46. The van der Waals surface area contributed by atoms with Crippen molar-refractivity contribution in [2.24, 2.45) is 7.05 Å². The van der Waals surface area contributed by atoms with Gasteiger partial charge < -0.3 is 10.0 Å². The Morgan fingerprint density at radius 3 is 2.71 bits per heavy atom. The standard InChI is InChI=1S/C14H15ClN4O2/c1-18-8-11(16-17-18)14(21)19-7-6-12(20)13(19)9-2-4-10(15)5-3-9/h2-5,8,12-13,20H,6-7H2,1H3/t12-,13-/m1/s1. The number of amides is 1. The average molecular weight is 307 g/mol. The number of carbonyl (C=O) groups excluding carboxylic acids is 1. The highest BCUT2D eigenvalue weighted by Crippen LogP contribution is 2.33. The Labute approximate surface area is 126 Å². The minimum Gasteiger partial charge on any atom is -0.391 e. The molecule has 0 saturated carbocycles. The van der Waals surface area contributed by atoms with Gasteiger partial charge in [0, 0.05) is 18.6 Å². The lowest BCUT2D eigenvalue weighted by Crippen LogP contribution is -2.33. The van der Waals surface area contributed by atoms with Crippen LogP contribution in [0.3, 0.4) is 0 Å². The van der Waals surface area contributed by atoms with Crippen LogP contribution in [0, 0.1) is 0 Å². The first-order chi connectivity index (χ1) is 10.1. The van der Waals surface area contributed by atoms with Gasteiger partial charge in [0.25, 0.3) is 5.91 Å². The van der Waals surface area contributed by atoms with Gasteiger partial charge in [-0.1, -0.05) is 28.9 Å². The number of benzene rings is 1. The molecular formula is C14H15ClN4O2. The Bertz CT molecular complexity index is 655. The summed E-state index contributed by atoms with van der Waals surface area (Å²) in [6, 6.07) is 6.80. The molecule has 1 aliphatic rings. The second-order valence-electron chi connectivity index (χ2n) is 5.13. The number of hydrogen-bond acceptors (Lipinski definition) is 4. The van der Waals surface area contributed by atoms with Crippen molar-refractivity contribution >= 4 is 17.5 Å². The van der Waals surface area contributed by atoms with E-state index in [1.165, 1.54) is 4.68 Å². The number of aromatic nitrogens is 3. The van der Waals surface area contributed by atoms with E-state index in [1.807, 2.05) is 12.1 Å². The van der Waals surface area contributed by atoms with Gasteiger partial charge in [0.1, 0.15) is 0 Å². The molecule has 1 aromatic heterocycles. The van der Waals surface area contributed by atoms with Crippen molar-refractivity contribution in [3.63, 3.8) is 0 Å². The predicted molar refractivity (Wildman–Crippen MR) is 76.9 cm³/mol. The molecule has 7 heteroatoms. The third-order valence-electron chi connectivity index (χ3n) is 3.66. The number of rotatable bonds is 2. The molecule has 0 aliphatic carbocycles. The van der Waals surface area contributed by atoms with Crippen molar-refractivity contribution in [3.05, 3.63) is 46.7 Å². The van der Waals surface area contributed by atoms with E-state index < -0.39 is 6.10 Å². The molecule has 1 aromatic carbocycles. The van der Waals surface area contributed by atoms with E-state index in [1.54, 1.807) is 30.3 Å². The maximum absolute atomic E-state index is 12.5. The van der Waals surface area contributed by atoms with Crippen LogP contribution in [0.25, 0.3) is 0 Å². The Morgan fingerprint density at radius 1 is 1.38 bits per heavy atom. The topological polar surface area (TPSA) is 71.2 Å². The van der Waals surface area contributed by atoms with Gasteiger partial charge in [-0.15, -0.1) is 5.10 Å². The Kier molecular flexibility index (Phi) is 3.65. The maximum Gasteiger partial charge on any atom is 0.276 e. The Hall–Kier alpha value is -1.92. The van der Waals surface area contributed by atoms with Crippen molar-refractivity contribution in [2.75, 3.05) is 6.54 Å². The SMILES string of the molecule is Cn1cc(C(=O)N2CC[C@@H](O)[C@H]2c2ccc(Cl)cc2)nn1. The number of hydrogen-bond donors (Lipinski definition) is 1. The molecular weight excluding hydrogens is 292 g/mol. The molecule has 0 spiro atoms. The summed E-state index contributed by atoms with van der Waals surface area (Å²) in [4.78, 5) is 14.2. The van der Waals surface area contributed by atoms with Crippen LogP contribution < -0.4 is 0 Å². The van der Waals surface area contributed by atoms with Crippen LogP contribution in [0.1, 0.15) is 28.5 Å². The quantitative estimate of drug-likeness (QED) is 0.911. The van der Waals surface area contributed by atoms with Crippen LogP contribution in [-0.2, 0) is 7.05 Å². The van der Waals surface area contributed by atoms with Gasteiger partial charge >= 0.3 is 0 Å². The number of likely N-dealkylation sites (tertiary alicyclic amines) is 1. The second-order valence-corrected chi connectivity index (χ2v) is 5.56. The lowest BCUT2D eigenvalue weighted by atomic mass is 10.0. The lowest BCUT2D eigenvalue weighted by Gasteiger charge is -2.26. The molecule has 2 aromatic rings. The van der Waals surface area contributed by atoms with E-state index in [0.29, 0.717) is 18.0 Å². The number of aliphatic hydroxyl groups is 1. The molecule has 1 N–H and O–H groups in total. The van der Waals surface area contributed by atoms with Gasteiger partial charge in [0.2, 0.25) is 0 Å². The molecule has 1 aliphatic heterocycles. The first-order valence-corrected chi connectivity index (χ1v) is 7.05. The van der Waals surface area contributed by atoms with Crippen LogP contribution in [0.5, 0.6) is 0 Å². The van der Waals surface area contributed by atoms with E-state index in [2.05, 4.69) is 10.3 Å². The zero-order chi connectivity index (χ0) is 15.0. The summed E-state index contributed by atoms with van der Waals surface area (Å²) in [6.07, 6.45) is 1.53. The molecule has 0 bridgehead atoms. The molecule has 2 atom stereocenters. The number of halogens is 1. The molecule has 1 saturated heterocycles. The lowest BCUT2D eigenvalue weighted by molar-refractivity contribution is 0.0632. The van der Waals surface area contributed by atoms with E-state index in [-0.39, 0.29) is 17.6 Å². The number of aliphatic hydroxyl groups excluding tert-OH is 1. The van der Waals surface area contributed by atoms with Crippen LogP contribution in [-0.4, -0.2) is 43.6 Å². The Morgan fingerprint density at radius 2 is 2.10 bits per heavy atom. The maximum atomic E-state index is 12.5. The van der Waals surface area contributed by atoms with Crippen molar-refractivity contribution < 1.29 is 9.90 Å². The summed E-state index contributed by atoms with van der Waals surface area (Å²) < 4.78 is 1.48. The van der Waals surface area contributed by atoms with Gasteiger partial charge in [0.05, 0.1) is 18.3 Å². The molecule has 3 rings (SSSR count). The zero-order valence-corrected chi connectivity index (χ0v) is 12.2. The fourth-order valence-corrected chi connectivity index (χ4v) is 2.78. The molecule has 1 amide bonds. The zero-order valence-electron chi connectivity index (χ0n) is 11.5. The first kappa shape index (κ1) is 14.0. The molecule has 0 radical (unpaired) electrons. The third-order valence-corrected chi connectivity index (χ3v) is 3.91. The molecule has 6 nitrogen and oxygen atoms in total. The van der Waals surface area contributed by atoms with E-state index in [0.717, 1.165) is 5.56 Å². The molecule has 2 heterocycles. The number of aryl methyl sites for hydroxylation is 1. The Balaban J connectivity index is 1.90. The normalized spacial score (nSPS) is 21.8. The minimum absolute atomic E-state index is 0.223. The fraction of sp³-hybridized carbons (Fsp3) is 0.357. The minimum atomic E-state index is -0.591. The van der Waals surface area contributed by atoms with Crippen LogP contribution >= 0.6 is 11.6 Å². The van der Waals surface area contributed by atoms with E-state index >= 15 is 0 Å².